The molecule has 0 amide bonds. The summed E-state index contributed by atoms with van der Waals surface area (Å²) in [4.78, 5) is 23.0. The Kier molecular flexibility index (Phi) is 16.0. The molecule has 0 aliphatic rings. The molecule has 4 heteroatoms. The average Bonchev–Trinajstić information content (AvgIpc) is 2.53. The van der Waals surface area contributed by atoms with E-state index in [-0.39, 0.29) is 11.9 Å². The molecule has 0 aromatic rings. The van der Waals surface area contributed by atoms with Crippen LogP contribution in [0.25, 0.3) is 0 Å². The minimum Gasteiger partial charge on any atom is -0.466 e. The predicted octanol–water partition coefficient (Wildman–Crippen LogP) is 5.43. The Morgan fingerprint density at radius 1 is 0.708 bits per heavy atom. The highest BCUT2D eigenvalue weighted by Gasteiger charge is 2.05. The number of unbranched alkanes of at least 4 members (excludes halogenated alkanes) is 7. The molecule has 24 heavy (non-hydrogen) atoms. The minimum atomic E-state index is -0.124. The lowest BCUT2D eigenvalue weighted by Crippen LogP contribution is -2.08. The molecule has 0 atom stereocenters. The van der Waals surface area contributed by atoms with Crippen LogP contribution in [0.1, 0.15) is 97.8 Å². The molecule has 0 bridgehead atoms. The van der Waals surface area contributed by atoms with Gasteiger partial charge in [-0.05, 0) is 31.6 Å². The lowest BCUT2D eigenvalue weighted by molar-refractivity contribution is -0.144. The first-order valence-electron chi connectivity index (χ1n) is 9.87. The normalized spacial score (nSPS) is 10.8. The lowest BCUT2D eigenvalue weighted by Gasteiger charge is -2.07. The van der Waals surface area contributed by atoms with Crippen molar-refractivity contribution < 1.29 is 19.1 Å². The molecule has 0 heterocycles. The second-order valence-electron chi connectivity index (χ2n) is 6.95. The summed E-state index contributed by atoms with van der Waals surface area (Å²) in [5, 5.41) is 0. The van der Waals surface area contributed by atoms with Crippen LogP contribution in [0.5, 0.6) is 0 Å². The number of carbonyl (C=O) groups excluding carboxylic acids is 2. The maximum absolute atomic E-state index is 11.6. The fraction of sp³-hybridized carbons (Fsp3) is 0.900. The van der Waals surface area contributed by atoms with Crippen molar-refractivity contribution in [3.8, 4) is 0 Å². The molecule has 4 nitrogen and oxygen atoms in total. The summed E-state index contributed by atoms with van der Waals surface area (Å²) in [6, 6.07) is 0. The van der Waals surface area contributed by atoms with Gasteiger partial charge in [0.1, 0.15) is 0 Å². The molecule has 0 spiro atoms. The van der Waals surface area contributed by atoms with E-state index in [4.69, 9.17) is 9.47 Å². The van der Waals surface area contributed by atoms with Crippen molar-refractivity contribution in [2.24, 2.45) is 5.92 Å². The summed E-state index contributed by atoms with van der Waals surface area (Å²) < 4.78 is 10.4. The van der Waals surface area contributed by atoms with Crippen molar-refractivity contribution in [1.29, 1.82) is 0 Å². The molecular weight excluding hydrogens is 304 g/mol. The van der Waals surface area contributed by atoms with Gasteiger partial charge < -0.3 is 9.47 Å². The molecule has 0 radical (unpaired) electrons. The van der Waals surface area contributed by atoms with Gasteiger partial charge in [-0.15, -0.1) is 0 Å². The molecule has 0 aromatic carbocycles. The van der Waals surface area contributed by atoms with Crippen LogP contribution in [0.4, 0.5) is 0 Å². The van der Waals surface area contributed by atoms with E-state index < -0.39 is 0 Å². The number of carbonyl (C=O) groups is 2. The summed E-state index contributed by atoms with van der Waals surface area (Å²) in [5.41, 5.74) is 0. The fourth-order valence-corrected chi connectivity index (χ4v) is 2.34. The number of ether oxygens (including phenoxy) is 2. The fourth-order valence-electron chi connectivity index (χ4n) is 2.34. The molecule has 142 valence electrons. The van der Waals surface area contributed by atoms with Gasteiger partial charge >= 0.3 is 11.9 Å². The topological polar surface area (TPSA) is 52.6 Å². The van der Waals surface area contributed by atoms with E-state index in [1.54, 1.807) is 0 Å². The van der Waals surface area contributed by atoms with E-state index >= 15 is 0 Å². The Labute approximate surface area is 148 Å². The first-order valence-corrected chi connectivity index (χ1v) is 9.87. The smallest absolute Gasteiger partial charge is 0.305 e. The SMILES string of the molecule is CCCCCCCCOC(=O)CCCCCC(=O)OCCC(C)C. The highest BCUT2D eigenvalue weighted by atomic mass is 16.5. The zero-order chi connectivity index (χ0) is 18.0. The highest BCUT2D eigenvalue weighted by Crippen LogP contribution is 2.08. The molecule has 0 saturated carbocycles. The van der Waals surface area contributed by atoms with Crippen LogP contribution in [0.2, 0.25) is 0 Å². The highest BCUT2D eigenvalue weighted by molar-refractivity contribution is 5.69. The number of rotatable bonds is 16. The number of esters is 2. The van der Waals surface area contributed by atoms with Gasteiger partial charge in [-0.2, -0.15) is 0 Å². The first kappa shape index (κ1) is 22.9. The first-order chi connectivity index (χ1) is 11.6. The lowest BCUT2D eigenvalue weighted by atomic mass is 10.1. The zero-order valence-corrected chi connectivity index (χ0v) is 16.1. The Balaban J connectivity index is 3.32. The van der Waals surface area contributed by atoms with Crippen molar-refractivity contribution in [2.45, 2.75) is 97.8 Å². The van der Waals surface area contributed by atoms with Crippen LogP contribution >= 0.6 is 0 Å². The van der Waals surface area contributed by atoms with Crippen LogP contribution in [0.3, 0.4) is 0 Å². The molecule has 0 saturated heterocycles. The van der Waals surface area contributed by atoms with Crippen LogP contribution in [0, 0.1) is 5.92 Å². The van der Waals surface area contributed by atoms with E-state index in [2.05, 4.69) is 20.8 Å². The summed E-state index contributed by atoms with van der Waals surface area (Å²) in [6.07, 6.45) is 11.4. The van der Waals surface area contributed by atoms with Gasteiger partial charge in [-0.3, -0.25) is 9.59 Å². The van der Waals surface area contributed by atoms with Crippen molar-refractivity contribution >= 4 is 11.9 Å². The monoisotopic (exact) mass is 342 g/mol. The summed E-state index contributed by atoms with van der Waals surface area (Å²) in [6.45, 7) is 7.49. The van der Waals surface area contributed by atoms with Gasteiger partial charge in [0.15, 0.2) is 0 Å². The number of hydrogen-bond donors (Lipinski definition) is 0. The maximum Gasteiger partial charge on any atom is 0.305 e. The Morgan fingerprint density at radius 3 is 1.79 bits per heavy atom. The van der Waals surface area contributed by atoms with Crippen LogP contribution < -0.4 is 0 Å². The largest absolute Gasteiger partial charge is 0.466 e. The van der Waals surface area contributed by atoms with Gasteiger partial charge in [0.25, 0.3) is 0 Å². The van der Waals surface area contributed by atoms with Crippen LogP contribution in [-0.2, 0) is 19.1 Å². The van der Waals surface area contributed by atoms with Crippen molar-refractivity contribution in [1.82, 2.24) is 0 Å². The maximum atomic E-state index is 11.6. The predicted molar refractivity (Wildman–Crippen MR) is 97.8 cm³/mol. The van der Waals surface area contributed by atoms with Gasteiger partial charge in [0.2, 0.25) is 0 Å². The third-order valence-electron chi connectivity index (χ3n) is 3.98. The molecule has 0 unspecified atom stereocenters. The van der Waals surface area contributed by atoms with E-state index in [1.807, 2.05) is 0 Å². The summed E-state index contributed by atoms with van der Waals surface area (Å²) >= 11 is 0. The minimum absolute atomic E-state index is 0.108. The molecule has 0 aliphatic heterocycles. The summed E-state index contributed by atoms with van der Waals surface area (Å²) in [7, 11) is 0. The molecule has 0 aromatic heterocycles. The average molecular weight is 343 g/mol. The molecule has 0 aliphatic carbocycles. The quantitative estimate of drug-likeness (QED) is 0.277. The standard InChI is InChI=1S/C20H38O4/c1-4-5-6-7-8-12-16-23-19(21)13-10-9-11-14-20(22)24-17-15-18(2)3/h18H,4-17H2,1-3H3. The van der Waals surface area contributed by atoms with E-state index in [1.165, 1.54) is 25.7 Å². The molecule has 0 fully saturated rings. The third kappa shape index (κ3) is 17.3. The second kappa shape index (κ2) is 16.8. The Bertz CT molecular complexity index is 313. The Morgan fingerprint density at radius 2 is 1.21 bits per heavy atom. The van der Waals surface area contributed by atoms with Gasteiger partial charge in [-0.25, -0.2) is 0 Å². The summed E-state index contributed by atoms with van der Waals surface area (Å²) in [5.74, 6) is 0.324. The van der Waals surface area contributed by atoms with Crippen molar-refractivity contribution in [3.05, 3.63) is 0 Å². The van der Waals surface area contributed by atoms with Gasteiger partial charge in [0.05, 0.1) is 13.2 Å². The van der Waals surface area contributed by atoms with Crippen molar-refractivity contribution in [3.63, 3.8) is 0 Å². The van der Waals surface area contributed by atoms with Gasteiger partial charge in [-0.1, -0.05) is 59.3 Å². The van der Waals surface area contributed by atoms with E-state index in [9.17, 15) is 9.59 Å². The second-order valence-corrected chi connectivity index (χ2v) is 6.95. The van der Waals surface area contributed by atoms with Crippen LogP contribution in [-0.4, -0.2) is 25.2 Å². The van der Waals surface area contributed by atoms with E-state index in [0.29, 0.717) is 32.0 Å². The van der Waals surface area contributed by atoms with Crippen LogP contribution in [0.15, 0.2) is 0 Å². The molecule has 0 rings (SSSR count). The zero-order valence-electron chi connectivity index (χ0n) is 16.1. The molecule has 0 N–H and O–H groups in total. The van der Waals surface area contributed by atoms with Crippen molar-refractivity contribution in [2.75, 3.05) is 13.2 Å². The van der Waals surface area contributed by atoms with E-state index in [0.717, 1.165) is 38.5 Å². The van der Waals surface area contributed by atoms with Gasteiger partial charge in [0, 0.05) is 12.8 Å². The third-order valence-corrected chi connectivity index (χ3v) is 3.98. The Hall–Kier alpha value is -1.06. The number of hydrogen-bond acceptors (Lipinski definition) is 4. The molecular formula is C20H38O4.